The standard InChI is InChI=1S/C26H27N3O5S2/c1-3-34-22-8-4-9-23-25(22)28-26(35-23)29(18-19-7-5-15-27-17-19)24(30)10-6-16-36(31,32)21-13-11-20(33-2)12-14-21/h4-5,7-9,11-15,17H,3,6,10,16,18H2,1-2H3. The number of aromatic nitrogens is 2. The number of benzene rings is 2. The maximum Gasteiger partial charge on any atom is 0.229 e. The van der Waals surface area contributed by atoms with Crippen molar-refractivity contribution in [3.05, 3.63) is 72.6 Å². The van der Waals surface area contributed by atoms with Crippen molar-refractivity contribution < 1.29 is 22.7 Å². The van der Waals surface area contributed by atoms with Crippen molar-refractivity contribution in [2.24, 2.45) is 0 Å². The lowest BCUT2D eigenvalue weighted by Crippen LogP contribution is -2.30. The van der Waals surface area contributed by atoms with E-state index in [4.69, 9.17) is 14.5 Å². The van der Waals surface area contributed by atoms with E-state index in [-0.39, 0.29) is 35.9 Å². The van der Waals surface area contributed by atoms with Crippen LogP contribution in [0.3, 0.4) is 0 Å². The van der Waals surface area contributed by atoms with Gasteiger partial charge >= 0.3 is 0 Å². The van der Waals surface area contributed by atoms with Crippen LogP contribution in [-0.2, 0) is 21.2 Å². The molecular weight excluding hydrogens is 498 g/mol. The Kier molecular flexibility index (Phi) is 8.17. The van der Waals surface area contributed by atoms with Crippen LogP contribution in [0.4, 0.5) is 5.13 Å². The topological polar surface area (TPSA) is 98.7 Å². The van der Waals surface area contributed by atoms with Crippen LogP contribution in [0.1, 0.15) is 25.3 Å². The molecule has 4 aromatic rings. The summed E-state index contributed by atoms with van der Waals surface area (Å²) in [7, 11) is -2.01. The Balaban J connectivity index is 1.53. The van der Waals surface area contributed by atoms with Gasteiger partial charge in [-0.15, -0.1) is 0 Å². The van der Waals surface area contributed by atoms with Crippen molar-refractivity contribution in [3.8, 4) is 11.5 Å². The van der Waals surface area contributed by atoms with Gasteiger partial charge in [-0.25, -0.2) is 13.4 Å². The molecule has 0 radical (unpaired) electrons. The average Bonchev–Trinajstić information content (AvgIpc) is 3.33. The maximum atomic E-state index is 13.4. The van der Waals surface area contributed by atoms with E-state index in [1.807, 2.05) is 37.3 Å². The number of sulfone groups is 1. The van der Waals surface area contributed by atoms with Crippen molar-refractivity contribution in [3.63, 3.8) is 0 Å². The van der Waals surface area contributed by atoms with Gasteiger partial charge in [0.25, 0.3) is 0 Å². The molecule has 0 unspecified atom stereocenters. The Morgan fingerprint density at radius 1 is 1.08 bits per heavy atom. The molecular formula is C26H27N3O5S2. The smallest absolute Gasteiger partial charge is 0.229 e. The molecule has 0 aliphatic carbocycles. The highest BCUT2D eigenvalue weighted by atomic mass is 32.2. The first-order chi connectivity index (χ1) is 17.4. The fourth-order valence-corrected chi connectivity index (χ4v) is 6.00. The second-order valence-corrected chi connectivity index (χ2v) is 11.1. The lowest BCUT2D eigenvalue weighted by atomic mass is 10.2. The molecule has 8 nitrogen and oxygen atoms in total. The average molecular weight is 526 g/mol. The molecule has 0 saturated carbocycles. The number of pyridine rings is 1. The van der Waals surface area contributed by atoms with Gasteiger partial charge in [-0.05, 0) is 61.4 Å². The van der Waals surface area contributed by atoms with E-state index in [9.17, 15) is 13.2 Å². The predicted molar refractivity (Wildman–Crippen MR) is 140 cm³/mol. The van der Waals surface area contributed by atoms with Crippen LogP contribution in [-0.4, -0.2) is 43.8 Å². The minimum absolute atomic E-state index is 0.0594. The van der Waals surface area contributed by atoms with E-state index in [2.05, 4.69) is 4.98 Å². The molecule has 0 saturated heterocycles. The molecule has 10 heteroatoms. The lowest BCUT2D eigenvalue weighted by molar-refractivity contribution is -0.118. The van der Waals surface area contributed by atoms with Crippen molar-refractivity contribution in [1.29, 1.82) is 0 Å². The van der Waals surface area contributed by atoms with Crippen molar-refractivity contribution in [1.82, 2.24) is 9.97 Å². The number of fused-ring (bicyclic) bond motifs is 1. The molecule has 188 valence electrons. The molecule has 0 spiro atoms. The first-order valence-corrected chi connectivity index (χ1v) is 14.0. The molecule has 0 bridgehead atoms. The Labute approximate surface area is 214 Å². The summed E-state index contributed by atoms with van der Waals surface area (Å²) in [5.41, 5.74) is 1.55. The molecule has 2 heterocycles. The largest absolute Gasteiger partial charge is 0.497 e. The van der Waals surface area contributed by atoms with Crippen LogP contribution in [0.2, 0.25) is 0 Å². The summed E-state index contributed by atoms with van der Waals surface area (Å²) in [6.07, 6.45) is 3.62. The third-order valence-electron chi connectivity index (χ3n) is 5.49. The van der Waals surface area contributed by atoms with Crippen LogP contribution in [0, 0.1) is 0 Å². The molecule has 0 N–H and O–H groups in total. The number of nitrogens with zero attached hydrogens (tertiary/aromatic N) is 3. The summed E-state index contributed by atoms with van der Waals surface area (Å²) in [6.45, 7) is 2.69. The first kappa shape index (κ1) is 25.6. The number of carbonyl (C=O) groups excluding carboxylic acids is 1. The number of anilines is 1. The van der Waals surface area contributed by atoms with Gasteiger partial charge in [0.05, 0.1) is 35.6 Å². The zero-order chi connectivity index (χ0) is 25.5. The molecule has 0 atom stereocenters. The molecule has 36 heavy (non-hydrogen) atoms. The van der Waals surface area contributed by atoms with Gasteiger partial charge in [0.1, 0.15) is 17.0 Å². The summed E-state index contributed by atoms with van der Waals surface area (Å²) < 4.78 is 37.2. The van der Waals surface area contributed by atoms with Gasteiger partial charge in [-0.2, -0.15) is 0 Å². The number of thiazole rings is 1. The number of rotatable bonds is 11. The summed E-state index contributed by atoms with van der Waals surface area (Å²) in [5, 5.41) is 0.531. The summed E-state index contributed by atoms with van der Waals surface area (Å²) >= 11 is 1.40. The fourth-order valence-electron chi connectivity index (χ4n) is 3.68. The maximum absolute atomic E-state index is 13.4. The van der Waals surface area contributed by atoms with E-state index in [1.54, 1.807) is 29.4 Å². The van der Waals surface area contributed by atoms with Gasteiger partial charge in [0, 0.05) is 18.8 Å². The number of hydrogen-bond donors (Lipinski definition) is 0. The predicted octanol–water partition coefficient (Wildman–Crippen LogP) is 4.89. The Hall–Kier alpha value is -3.50. The molecule has 4 rings (SSSR count). The van der Waals surface area contributed by atoms with Gasteiger partial charge in [-0.3, -0.25) is 14.7 Å². The minimum Gasteiger partial charge on any atom is -0.497 e. The Morgan fingerprint density at radius 2 is 1.89 bits per heavy atom. The summed E-state index contributed by atoms with van der Waals surface area (Å²) in [5.74, 6) is 0.899. The quantitative estimate of drug-likeness (QED) is 0.275. The Morgan fingerprint density at radius 3 is 2.58 bits per heavy atom. The SMILES string of the molecule is CCOc1cccc2sc(N(Cc3cccnc3)C(=O)CCCS(=O)(=O)c3ccc(OC)cc3)nc12. The second kappa shape index (κ2) is 11.5. The zero-order valence-electron chi connectivity index (χ0n) is 20.1. The van der Waals surface area contributed by atoms with Gasteiger partial charge in [0.15, 0.2) is 15.0 Å². The van der Waals surface area contributed by atoms with Crippen LogP contribution >= 0.6 is 11.3 Å². The normalized spacial score (nSPS) is 11.4. The number of amides is 1. The van der Waals surface area contributed by atoms with Gasteiger partial charge < -0.3 is 9.47 Å². The highest BCUT2D eigenvalue weighted by Gasteiger charge is 2.23. The molecule has 0 aliphatic heterocycles. The van der Waals surface area contributed by atoms with Crippen molar-refractivity contribution in [2.45, 2.75) is 31.2 Å². The number of ether oxygens (including phenoxy) is 2. The third-order valence-corrected chi connectivity index (χ3v) is 8.35. The highest BCUT2D eigenvalue weighted by molar-refractivity contribution is 7.91. The highest BCUT2D eigenvalue weighted by Crippen LogP contribution is 2.35. The van der Waals surface area contributed by atoms with Gasteiger partial charge in [0.2, 0.25) is 5.91 Å². The molecule has 2 aromatic carbocycles. The second-order valence-electron chi connectivity index (χ2n) is 7.97. The molecule has 2 aromatic heterocycles. The number of methoxy groups -OCH3 is 1. The molecule has 0 aliphatic rings. The monoisotopic (exact) mass is 525 g/mol. The van der Waals surface area contributed by atoms with Crippen LogP contribution < -0.4 is 14.4 Å². The van der Waals surface area contributed by atoms with E-state index >= 15 is 0 Å². The van der Waals surface area contributed by atoms with E-state index in [0.29, 0.717) is 28.8 Å². The number of hydrogen-bond acceptors (Lipinski definition) is 8. The van der Waals surface area contributed by atoms with Gasteiger partial charge in [-0.1, -0.05) is 23.5 Å². The zero-order valence-corrected chi connectivity index (χ0v) is 21.7. The van der Waals surface area contributed by atoms with Crippen molar-refractivity contribution >= 4 is 42.4 Å². The first-order valence-electron chi connectivity index (χ1n) is 11.5. The Bertz CT molecular complexity index is 1420. The van der Waals surface area contributed by atoms with Crippen LogP contribution in [0.15, 0.2) is 71.9 Å². The minimum atomic E-state index is -3.53. The van der Waals surface area contributed by atoms with Crippen LogP contribution in [0.25, 0.3) is 10.2 Å². The summed E-state index contributed by atoms with van der Waals surface area (Å²) in [4.78, 5) is 24.0. The summed E-state index contributed by atoms with van der Waals surface area (Å²) in [6, 6.07) is 15.6. The number of para-hydroxylation sites is 1. The van der Waals surface area contributed by atoms with E-state index < -0.39 is 9.84 Å². The molecule has 1 amide bonds. The fraction of sp³-hybridized carbons (Fsp3) is 0.269. The van der Waals surface area contributed by atoms with Crippen LogP contribution in [0.5, 0.6) is 11.5 Å². The van der Waals surface area contributed by atoms with E-state index in [0.717, 1.165) is 10.3 Å². The number of carbonyl (C=O) groups is 1. The van der Waals surface area contributed by atoms with E-state index in [1.165, 1.54) is 30.6 Å². The van der Waals surface area contributed by atoms with Crippen molar-refractivity contribution in [2.75, 3.05) is 24.4 Å². The third kappa shape index (κ3) is 6.00. The lowest BCUT2D eigenvalue weighted by Gasteiger charge is -2.20. The molecule has 0 fully saturated rings.